The topological polar surface area (TPSA) is 22.0 Å². The Balaban J connectivity index is 1.88. The van der Waals surface area contributed by atoms with Gasteiger partial charge in [-0.2, -0.15) is 0 Å². The second-order valence-electron chi connectivity index (χ2n) is 7.00. The van der Waals surface area contributed by atoms with E-state index in [9.17, 15) is 4.79 Å². The highest BCUT2D eigenvalue weighted by Crippen LogP contribution is 2.43. The average Bonchev–Trinajstić information content (AvgIpc) is 3.29. The van der Waals surface area contributed by atoms with Gasteiger partial charge in [-0.05, 0) is 30.3 Å². The molecule has 0 aliphatic rings. The van der Waals surface area contributed by atoms with Crippen LogP contribution in [0.15, 0.2) is 84.9 Å². The van der Waals surface area contributed by atoms with Crippen LogP contribution in [0.25, 0.3) is 47.7 Å². The lowest BCUT2D eigenvalue weighted by molar-refractivity contribution is 0.112. The molecule has 2 nitrogen and oxygen atoms in total. The minimum atomic E-state index is 0.695. The normalized spacial score (nSPS) is 11.7. The zero-order valence-electron chi connectivity index (χ0n) is 14.9. The molecule has 0 N–H and O–H groups in total. The van der Waals surface area contributed by atoms with E-state index in [0.717, 1.165) is 17.5 Å². The van der Waals surface area contributed by atoms with Crippen molar-refractivity contribution in [2.75, 3.05) is 0 Å². The molecule has 28 heavy (non-hydrogen) atoms. The van der Waals surface area contributed by atoms with Gasteiger partial charge < -0.3 is 4.57 Å². The zero-order valence-corrected chi connectivity index (χ0v) is 15.7. The summed E-state index contributed by atoms with van der Waals surface area (Å²) in [5, 5.41) is 5.03. The fourth-order valence-electron chi connectivity index (χ4n) is 4.23. The number of nitrogens with zero attached hydrogens (tertiary/aromatic N) is 1. The number of carbonyl (C=O) groups is 1. The number of para-hydroxylation sites is 1. The minimum Gasteiger partial charge on any atom is -0.309 e. The number of fused-ring (bicyclic) bond motifs is 7. The number of rotatable bonds is 2. The summed E-state index contributed by atoms with van der Waals surface area (Å²) in [6.45, 7) is 0. The molecule has 0 aliphatic heterocycles. The lowest BCUT2D eigenvalue weighted by Gasteiger charge is -2.07. The average molecular weight is 377 g/mol. The number of hydrogen-bond acceptors (Lipinski definition) is 2. The summed E-state index contributed by atoms with van der Waals surface area (Å²) in [5.41, 5.74) is 4.03. The number of carbonyl (C=O) groups excluding carboxylic acids is 1. The molecule has 0 radical (unpaired) electrons. The quantitative estimate of drug-likeness (QED) is 0.299. The lowest BCUT2D eigenvalue weighted by atomic mass is 10.1. The van der Waals surface area contributed by atoms with Crippen LogP contribution in [0, 0.1) is 0 Å². The summed E-state index contributed by atoms with van der Waals surface area (Å²) in [4.78, 5) is 11.4. The molecule has 0 unspecified atom stereocenters. The molecule has 0 atom stereocenters. The van der Waals surface area contributed by atoms with Crippen molar-refractivity contribution < 1.29 is 4.79 Å². The smallest absolute Gasteiger partial charge is 0.150 e. The van der Waals surface area contributed by atoms with Crippen molar-refractivity contribution in [1.82, 2.24) is 4.57 Å². The predicted molar refractivity (Wildman–Crippen MR) is 119 cm³/mol. The summed E-state index contributed by atoms with van der Waals surface area (Å²) in [7, 11) is 0. The number of aromatic nitrogens is 1. The Labute approximate surface area is 165 Å². The standard InChI is InChI=1S/C25H15NOS/c27-15-16-10-11-20-22(14-16)26(17-6-2-1-3-7-17)21-13-12-19-18-8-4-5-9-23(18)28-25(19)24(20)21/h1-15H. The Kier molecular flexibility index (Phi) is 3.22. The molecule has 0 aliphatic carbocycles. The first-order valence-electron chi connectivity index (χ1n) is 9.24. The first-order valence-corrected chi connectivity index (χ1v) is 10.1. The van der Waals surface area contributed by atoms with Crippen LogP contribution >= 0.6 is 11.3 Å². The van der Waals surface area contributed by atoms with E-state index in [1.165, 1.54) is 36.5 Å². The van der Waals surface area contributed by atoms with Gasteiger partial charge in [0.15, 0.2) is 0 Å². The SMILES string of the molecule is O=Cc1ccc2c3c4sc5ccccc5c4ccc3n(-c3ccccc3)c2c1. The van der Waals surface area contributed by atoms with E-state index < -0.39 is 0 Å². The third kappa shape index (κ3) is 2.05. The molecule has 2 heterocycles. The van der Waals surface area contributed by atoms with Gasteiger partial charge in [0.1, 0.15) is 6.29 Å². The van der Waals surface area contributed by atoms with Gasteiger partial charge in [-0.3, -0.25) is 4.79 Å². The molecule has 2 aromatic heterocycles. The van der Waals surface area contributed by atoms with Crippen LogP contribution < -0.4 is 0 Å². The summed E-state index contributed by atoms with van der Waals surface area (Å²) in [5.74, 6) is 0. The Morgan fingerprint density at radius 1 is 0.714 bits per heavy atom. The van der Waals surface area contributed by atoms with Crippen molar-refractivity contribution in [1.29, 1.82) is 0 Å². The van der Waals surface area contributed by atoms with E-state index >= 15 is 0 Å². The van der Waals surface area contributed by atoms with E-state index in [0.29, 0.717) is 5.56 Å². The van der Waals surface area contributed by atoms with E-state index in [1.807, 2.05) is 29.5 Å². The van der Waals surface area contributed by atoms with Crippen LogP contribution in [0.1, 0.15) is 10.4 Å². The van der Waals surface area contributed by atoms with Crippen LogP contribution in [0.5, 0.6) is 0 Å². The summed E-state index contributed by atoms with van der Waals surface area (Å²) in [6.07, 6.45) is 0.918. The molecule has 3 heteroatoms. The predicted octanol–water partition coefficient (Wildman–Crippen LogP) is 6.96. The molecule has 0 fully saturated rings. The van der Waals surface area contributed by atoms with Crippen LogP contribution in [0.4, 0.5) is 0 Å². The molecule has 132 valence electrons. The van der Waals surface area contributed by atoms with Gasteiger partial charge in [0, 0.05) is 42.2 Å². The Morgan fingerprint density at radius 3 is 2.36 bits per heavy atom. The van der Waals surface area contributed by atoms with Gasteiger partial charge in [-0.1, -0.05) is 54.6 Å². The van der Waals surface area contributed by atoms with Crippen molar-refractivity contribution in [3.05, 3.63) is 90.5 Å². The van der Waals surface area contributed by atoms with Gasteiger partial charge in [-0.15, -0.1) is 11.3 Å². The maximum atomic E-state index is 11.4. The molecule has 4 aromatic carbocycles. The van der Waals surface area contributed by atoms with Crippen LogP contribution in [-0.2, 0) is 0 Å². The summed E-state index contributed by atoms with van der Waals surface area (Å²) < 4.78 is 4.87. The van der Waals surface area contributed by atoms with Gasteiger partial charge in [-0.25, -0.2) is 0 Å². The van der Waals surface area contributed by atoms with Gasteiger partial charge in [0.05, 0.1) is 11.0 Å². The second kappa shape index (κ2) is 5.78. The van der Waals surface area contributed by atoms with Crippen molar-refractivity contribution in [3.8, 4) is 5.69 Å². The molecule has 6 aromatic rings. The second-order valence-corrected chi connectivity index (χ2v) is 8.05. The molecular formula is C25H15NOS. The molecule has 0 spiro atoms. The van der Waals surface area contributed by atoms with E-state index in [2.05, 4.69) is 71.3 Å². The molecule has 0 saturated heterocycles. The van der Waals surface area contributed by atoms with Gasteiger partial charge in [0.2, 0.25) is 0 Å². The summed E-state index contributed by atoms with van der Waals surface area (Å²) in [6, 6.07) is 29.4. The van der Waals surface area contributed by atoms with Crippen LogP contribution in [0.2, 0.25) is 0 Å². The number of thiophene rings is 1. The van der Waals surface area contributed by atoms with Crippen LogP contribution in [0.3, 0.4) is 0 Å². The maximum absolute atomic E-state index is 11.4. The van der Waals surface area contributed by atoms with E-state index in [1.54, 1.807) is 0 Å². The Hall–Kier alpha value is -3.43. The minimum absolute atomic E-state index is 0.695. The number of aldehydes is 1. The van der Waals surface area contributed by atoms with Crippen molar-refractivity contribution in [2.24, 2.45) is 0 Å². The maximum Gasteiger partial charge on any atom is 0.150 e. The third-order valence-corrected chi connectivity index (χ3v) is 6.65. The van der Waals surface area contributed by atoms with Crippen molar-refractivity contribution in [3.63, 3.8) is 0 Å². The summed E-state index contributed by atoms with van der Waals surface area (Å²) >= 11 is 1.84. The van der Waals surface area contributed by atoms with Crippen molar-refractivity contribution >= 4 is 59.6 Å². The lowest BCUT2D eigenvalue weighted by Crippen LogP contribution is -1.93. The van der Waals surface area contributed by atoms with Gasteiger partial charge >= 0.3 is 0 Å². The molecule has 0 bridgehead atoms. The molecule has 6 rings (SSSR count). The van der Waals surface area contributed by atoms with E-state index in [-0.39, 0.29) is 0 Å². The largest absolute Gasteiger partial charge is 0.309 e. The van der Waals surface area contributed by atoms with Crippen LogP contribution in [-0.4, -0.2) is 10.9 Å². The van der Waals surface area contributed by atoms with Gasteiger partial charge in [0.25, 0.3) is 0 Å². The third-order valence-electron chi connectivity index (χ3n) is 5.45. The molecule has 0 amide bonds. The Bertz CT molecular complexity index is 1520. The monoisotopic (exact) mass is 377 g/mol. The highest BCUT2D eigenvalue weighted by Gasteiger charge is 2.17. The molecule has 0 saturated carbocycles. The highest BCUT2D eigenvalue weighted by molar-refractivity contribution is 7.26. The fourth-order valence-corrected chi connectivity index (χ4v) is 5.49. The van der Waals surface area contributed by atoms with E-state index in [4.69, 9.17) is 0 Å². The fraction of sp³-hybridized carbons (Fsp3) is 0. The number of benzene rings is 4. The highest BCUT2D eigenvalue weighted by atomic mass is 32.1. The first-order chi connectivity index (χ1) is 13.8. The first kappa shape index (κ1) is 15.6. The zero-order chi connectivity index (χ0) is 18.7. The molecular weight excluding hydrogens is 362 g/mol. The Morgan fingerprint density at radius 2 is 1.50 bits per heavy atom. The van der Waals surface area contributed by atoms with Crippen molar-refractivity contribution in [2.45, 2.75) is 0 Å². The number of hydrogen-bond donors (Lipinski definition) is 0.